The van der Waals surface area contributed by atoms with Crippen LogP contribution >= 0.6 is 0 Å². The number of benzene rings is 2. The summed E-state index contributed by atoms with van der Waals surface area (Å²) in [4.78, 5) is 35.5. The van der Waals surface area contributed by atoms with Gasteiger partial charge in [0.25, 0.3) is 0 Å². The molecule has 1 aliphatic carbocycles. The standard InChI is InChI=1S/C40H55F3N4O5/c1-44(2)38(48)27-16-18-45(19-17-27)37-20-29(40(41,42)43)8-15-33(37)35-23-47(21-28(35)25-50-3)39(49)36-24-46(30-9-13-32(52-5)14-10-30)22-34(36)26-6-11-31(51-4)12-7-26/h6-8,11-12,15,20,27-28,30,32,34-36H,9-10,13-14,16-19,21-25H2,1-5H3/t28-,30?,32?,34+,35+,36-/m1/s1. The minimum atomic E-state index is -4.50. The molecule has 0 spiro atoms. The summed E-state index contributed by atoms with van der Waals surface area (Å²) in [6, 6.07) is 12.5. The van der Waals surface area contributed by atoms with Gasteiger partial charge in [-0.15, -0.1) is 0 Å². The van der Waals surface area contributed by atoms with Crippen molar-refractivity contribution in [1.82, 2.24) is 14.7 Å². The number of anilines is 1. The molecule has 3 heterocycles. The van der Waals surface area contributed by atoms with Crippen molar-refractivity contribution in [2.45, 2.75) is 68.7 Å². The van der Waals surface area contributed by atoms with Crippen LogP contribution in [0, 0.1) is 17.8 Å². The number of likely N-dealkylation sites (tertiary alicyclic amines) is 2. The number of ether oxygens (including phenoxy) is 3. The second-order valence-electron chi connectivity index (χ2n) is 15.4. The van der Waals surface area contributed by atoms with E-state index in [9.17, 15) is 22.8 Å². The van der Waals surface area contributed by atoms with E-state index in [1.807, 2.05) is 21.9 Å². The maximum Gasteiger partial charge on any atom is 0.416 e. The molecular weight excluding hydrogens is 673 g/mol. The van der Waals surface area contributed by atoms with Gasteiger partial charge in [-0.3, -0.25) is 14.5 Å². The van der Waals surface area contributed by atoms with Gasteiger partial charge in [-0.05, 0) is 73.9 Å². The Balaban J connectivity index is 1.27. The fraction of sp³-hybridized carbons (Fsp3) is 0.650. The highest BCUT2D eigenvalue weighted by atomic mass is 19.4. The van der Waals surface area contributed by atoms with Crippen molar-refractivity contribution in [3.8, 4) is 5.75 Å². The van der Waals surface area contributed by atoms with Crippen LogP contribution in [0.1, 0.15) is 67.1 Å². The van der Waals surface area contributed by atoms with E-state index in [-0.39, 0.29) is 47.5 Å². The molecule has 6 rings (SSSR count). The van der Waals surface area contributed by atoms with Crippen molar-refractivity contribution in [1.29, 1.82) is 0 Å². The third kappa shape index (κ3) is 8.24. The Bertz CT molecular complexity index is 1520. The Morgan fingerprint density at radius 3 is 2.13 bits per heavy atom. The van der Waals surface area contributed by atoms with E-state index in [0.717, 1.165) is 49.1 Å². The molecule has 2 amide bonds. The lowest BCUT2D eigenvalue weighted by molar-refractivity contribution is -0.137. The second-order valence-corrected chi connectivity index (χ2v) is 15.4. The number of methoxy groups -OCH3 is 3. The molecule has 4 aliphatic rings. The smallest absolute Gasteiger partial charge is 0.416 e. The quantitative estimate of drug-likeness (QED) is 0.303. The lowest BCUT2D eigenvalue weighted by Gasteiger charge is -2.36. The average Bonchev–Trinajstić information content (AvgIpc) is 3.79. The maximum atomic E-state index is 14.8. The number of carbonyl (C=O) groups excluding carboxylic acids is 2. The summed E-state index contributed by atoms with van der Waals surface area (Å²) in [5, 5.41) is 0. The largest absolute Gasteiger partial charge is 0.497 e. The van der Waals surface area contributed by atoms with Gasteiger partial charge in [0.05, 0.1) is 31.3 Å². The molecule has 1 saturated carbocycles. The molecule has 3 saturated heterocycles. The van der Waals surface area contributed by atoms with Crippen molar-refractivity contribution < 1.29 is 37.0 Å². The summed E-state index contributed by atoms with van der Waals surface area (Å²) in [5.41, 5.74) is 1.76. The van der Waals surface area contributed by atoms with Crippen LogP contribution in [0.3, 0.4) is 0 Å². The highest BCUT2D eigenvalue weighted by Crippen LogP contribution is 2.44. The fourth-order valence-electron chi connectivity index (χ4n) is 9.28. The van der Waals surface area contributed by atoms with Crippen LogP contribution in [0.2, 0.25) is 0 Å². The lowest BCUT2D eigenvalue weighted by Crippen LogP contribution is -2.41. The lowest BCUT2D eigenvalue weighted by atomic mass is 9.86. The highest BCUT2D eigenvalue weighted by Gasteiger charge is 2.47. The zero-order valence-corrected chi connectivity index (χ0v) is 31.2. The SMILES string of the molecule is COC[C@H]1CN(C(=O)[C@@H]2CN(C3CCC(OC)CC3)C[C@H]2c2ccc(OC)cc2)C[C@@H]1c1ccc(C(F)(F)F)cc1N1CCC(C(=O)N(C)C)CC1. The molecule has 9 nitrogen and oxygen atoms in total. The first-order valence-corrected chi connectivity index (χ1v) is 18.8. The second kappa shape index (κ2) is 16.3. The average molecular weight is 729 g/mol. The molecule has 12 heteroatoms. The van der Waals surface area contributed by atoms with Crippen LogP contribution in [-0.2, 0) is 25.2 Å². The predicted molar refractivity (Wildman–Crippen MR) is 194 cm³/mol. The van der Waals surface area contributed by atoms with E-state index in [4.69, 9.17) is 14.2 Å². The topological polar surface area (TPSA) is 74.8 Å². The summed E-state index contributed by atoms with van der Waals surface area (Å²) in [5.74, 6) is 0.222. The molecule has 0 unspecified atom stereocenters. The highest BCUT2D eigenvalue weighted by molar-refractivity contribution is 5.81. The van der Waals surface area contributed by atoms with E-state index in [2.05, 4.69) is 17.0 Å². The molecule has 4 fully saturated rings. The first-order chi connectivity index (χ1) is 24.9. The Hall–Kier alpha value is -3.35. The number of alkyl halides is 3. The third-order valence-corrected chi connectivity index (χ3v) is 12.2. The maximum absolute atomic E-state index is 14.8. The van der Waals surface area contributed by atoms with Gasteiger partial charge in [-0.1, -0.05) is 18.2 Å². The minimum Gasteiger partial charge on any atom is -0.497 e. The summed E-state index contributed by atoms with van der Waals surface area (Å²) in [6.07, 6.45) is 1.02. The van der Waals surface area contributed by atoms with Crippen molar-refractivity contribution in [2.75, 3.05) is 86.2 Å². The third-order valence-electron chi connectivity index (χ3n) is 12.2. The first-order valence-electron chi connectivity index (χ1n) is 18.8. The summed E-state index contributed by atoms with van der Waals surface area (Å²) in [6.45, 7) is 3.69. The van der Waals surface area contributed by atoms with Crippen LogP contribution in [0.5, 0.6) is 5.75 Å². The molecule has 0 aromatic heterocycles. The monoisotopic (exact) mass is 728 g/mol. The van der Waals surface area contributed by atoms with E-state index >= 15 is 0 Å². The Morgan fingerprint density at radius 1 is 0.846 bits per heavy atom. The van der Waals surface area contributed by atoms with Gasteiger partial charge in [0.15, 0.2) is 0 Å². The molecule has 0 bridgehead atoms. The van der Waals surface area contributed by atoms with Crippen LogP contribution in [0.15, 0.2) is 42.5 Å². The molecule has 4 atom stereocenters. The van der Waals surface area contributed by atoms with Gasteiger partial charge in [0.1, 0.15) is 5.75 Å². The van der Waals surface area contributed by atoms with Crippen LogP contribution in [-0.4, -0.2) is 120 Å². The zero-order chi connectivity index (χ0) is 37.2. The molecule has 52 heavy (non-hydrogen) atoms. The van der Waals surface area contributed by atoms with E-state index in [1.165, 1.54) is 12.1 Å². The summed E-state index contributed by atoms with van der Waals surface area (Å²) >= 11 is 0. The van der Waals surface area contributed by atoms with Gasteiger partial charge in [0.2, 0.25) is 11.8 Å². The molecular formula is C40H55F3N4O5. The van der Waals surface area contributed by atoms with Crippen molar-refractivity contribution in [2.24, 2.45) is 17.8 Å². The number of nitrogens with zero attached hydrogens (tertiary/aromatic N) is 4. The van der Waals surface area contributed by atoms with Gasteiger partial charge in [-0.2, -0.15) is 13.2 Å². The van der Waals surface area contributed by atoms with Crippen molar-refractivity contribution in [3.05, 3.63) is 59.2 Å². The van der Waals surface area contributed by atoms with Gasteiger partial charge >= 0.3 is 6.18 Å². The van der Waals surface area contributed by atoms with Crippen LogP contribution < -0.4 is 9.64 Å². The molecule has 2 aromatic rings. The Labute approximate surface area is 306 Å². The van der Waals surface area contributed by atoms with Gasteiger partial charge < -0.3 is 28.9 Å². The molecule has 0 radical (unpaired) electrons. The van der Waals surface area contributed by atoms with Gasteiger partial charge in [-0.25, -0.2) is 0 Å². The van der Waals surface area contributed by atoms with E-state index in [1.54, 1.807) is 46.4 Å². The number of hydrogen-bond donors (Lipinski definition) is 0. The molecule has 3 aliphatic heterocycles. The predicted octanol–water partition coefficient (Wildman–Crippen LogP) is 5.88. The molecule has 2 aromatic carbocycles. The number of amides is 2. The van der Waals surface area contributed by atoms with Crippen molar-refractivity contribution >= 4 is 17.5 Å². The Kier molecular flexibility index (Phi) is 12.1. The van der Waals surface area contributed by atoms with Crippen LogP contribution in [0.4, 0.5) is 18.9 Å². The zero-order valence-electron chi connectivity index (χ0n) is 31.2. The number of rotatable bonds is 10. The first kappa shape index (κ1) is 38.4. The normalized spacial score (nSPS) is 27.6. The minimum absolute atomic E-state index is 0.00582. The summed E-state index contributed by atoms with van der Waals surface area (Å²) in [7, 11) is 8.52. The molecule has 0 N–H and O–H groups in total. The number of piperidine rings is 1. The van der Waals surface area contributed by atoms with E-state index in [0.29, 0.717) is 63.9 Å². The summed E-state index contributed by atoms with van der Waals surface area (Å²) < 4.78 is 59.0. The van der Waals surface area contributed by atoms with Crippen molar-refractivity contribution in [3.63, 3.8) is 0 Å². The van der Waals surface area contributed by atoms with Crippen LogP contribution in [0.25, 0.3) is 0 Å². The number of hydrogen-bond acceptors (Lipinski definition) is 7. The number of carbonyl (C=O) groups is 2. The van der Waals surface area contributed by atoms with Gasteiger partial charge in [0, 0.05) is 103 Å². The number of halogens is 3. The fourth-order valence-corrected chi connectivity index (χ4v) is 9.28. The Morgan fingerprint density at radius 2 is 1.54 bits per heavy atom. The molecule has 286 valence electrons. The van der Waals surface area contributed by atoms with E-state index < -0.39 is 11.7 Å².